The van der Waals surface area contributed by atoms with Gasteiger partial charge in [0.1, 0.15) is 0 Å². The van der Waals surface area contributed by atoms with Crippen molar-refractivity contribution in [3.8, 4) is 0 Å². The largest absolute Gasteiger partial charge is 0.383 e. The van der Waals surface area contributed by atoms with Crippen molar-refractivity contribution in [2.24, 2.45) is 0 Å². The molecule has 5 heteroatoms. The van der Waals surface area contributed by atoms with Gasteiger partial charge in [-0.25, -0.2) is 0 Å². The lowest BCUT2D eigenvalue weighted by atomic mass is 10.2. The van der Waals surface area contributed by atoms with Crippen molar-refractivity contribution in [2.45, 2.75) is 25.7 Å². The van der Waals surface area contributed by atoms with Crippen molar-refractivity contribution in [1.29, 1.82) is 0 Å². The van der Waals surface area contributed by atoms with Gasteiger partial charge in [0, 0.05) is 38.1 Å². The van der Waals surface area contributed by atoms with Crippen LogP contribution in [0.2, 0.25) is 0 Å². The molecule has 1 saturated heterocycles. The minimum absolute atomic E-state index is 0.0291. The molecule has 1 aromatic carbocycles. The first kappa shape index (κ1) is 16.8. The summed E-state index contributed by atoms with van der Waals surface area (Å²) in [5.41, 5.74) is 2.09. The zero-order valence-electron chi connectivity index (χ0n) is 13.4. The molecule has 0 bridgehead atoms. The van der Waals surface area contributed by atoms with E-state index in [1.165, 1.54) is 31.4 Å². The Kier molecular flexibility index (Phi) is 7.19. The topological polar surface area (TPSA) is 53.6 Å². The average Bonchev–Trinajstić information content (AvgIpc) is 2.82. The molecule has 1 aromatic rings. The van der Waals surface area contributed by atoms with Crippen molar-refractivity contribution >= 4 is 17.3 Å². The van der Waals surface area contributed by atoms with Gasteiger partial charge in [-0.1, -0.05) is 12.8 Å². The summed E-state index contributed by atoms with van der Waals surface area (Å²) >= 11 is 0. The molecule has 0 aliphatic carbocycles. The van der Waals surface area contributed by atoms with Crippen molar-refractivity contribution in [3.63, 3.8) is 0 Å². The molecule has 1 aliphatic rings. The molecule has 0 spiro atoms. The number of anilines is 2. The number of nitrogens with zero attached hydrogens (tertiary/aromatic N) is 1. The summed E-state index contributed by atoms with van der Waals surface area (Å²) in [5, 5.41) is 5.93. The molecular weight excluding hydrogens is 278 g/mol. The van der Waals surface area contributed by atoms with Crippen LogP contribution in [0.15, 0.2) is 24.3 Å². The van der Waals surface area contributed by atoms with Crippen LogP contribution in [-0.2, 0) is 9.53 Å². The number of rotatable bonds is 7. The molecule has 0 atom stereocenters. The zero-order valence-corrected chi connectivity index (χ0v) is 13.4. The summed E-state index contributed by atoms with van der Waals surface area (Å²) in [5.74, 6) is -0.0291. The molecule has 2 rings (SSSR count). The van der Waals surface area contributed by atoms with Gasteiger partial charge in [-0.05, 0) is 37.1 Å². The number of hydrogen-bond acceptors (Lipinski definition) is 4. The predicted molar refractivity (Wildman–Crippen MR) is 90.5 cm³/mol. The zero-order chi connectivity index (χ0) is 15.6. The molecule has 0 radical (unpaired) electrons. The van der Waals surface area contributed by atoms with E-state index in [1.807, 2.05) is 12.1 Å². The van der Waals surface area contributed by atoms with Crippen LogP contribution in [0, 0.1) is 0 Å². The number of carbonyl (C=O) groups is 1. The molecule has 1 fully saturated rings. The number of benzene rings is 1. The number of amides is 1. The molecule has 5 nitrogen and oxygen atoms in total. The molecule has 1 heterocycles. The van der Waals surface area contributed by atoms with Crippen LogP contribution in [0.25, 0.3) is 0 Å². The Bertz CT molecular complexity index is 440. The predicted octanol–water partition coefficient (Wildman–Crippen LogP) is 2.24. The molecule has 0 unspecified atom stereocenters. The lowest BCUT2D eigenvalue weighted by molar-refractivity contribution is -0.115. The van der Waals surface area contributed by atoms with E-state index >= 15 is 0 Å². The molecule has 22 heavy (non-hydrogen) atoms. The van der Waals surface area contributed by atoms with Gasteiger partial charge >= 0.3 is 0 Å². The Morgan fingerprint density at radius 2 is 1.82 bits per heavy atom. The van der Waals surface area contributed by atoms with E-state index in [0.717, 1.165) is 18.8 Å². The number of carbonyl (C=O) groups excluding carboxylic acids is 1. The Balaban J connectivity index is 1.79. The standard InChI is InChI=1S/C17H27N3O2/c1-22-13-10-18-14-17(21)19-15-6-8-16(9-7-15)20-11-4-2-3-5-12-20/h6-9,18H,2-5,10-14H2,1H3,(H,19,21). The summed E-state index contributed by atoms with van der Waals surface area (Å²) in [6.45, 7) is 3.86. The third-order valence-electron chi connectivity index (χ3n) is 3.89. The van der Waals surface area contributed by atoms with Crippen molar-refractivity contribution in [3.05, 3.63) is 24.3 Å². The first-order valence-electron chi connectivity index (χ1n) is 8.14. The van der Waals surface area contributed by atoms with Crippen molar-refractivity contribution < 1.29 is 9.53 Å². The van der Waals surface area contributed by atoms with Crippen LogP contribution in [0.5, 0.6) is 0 Å². The highest BCUT2D eigenvalue weighted by Gasteiger charge is 2.10. The fourth-order valence-electron chi connectivity index (χ4n) is 2.67. The Labute approximate surface area is 133 Å². The van der Waals surface area contributed by atoms with E-state index in [9.17, 15) is 4.79 Å². The maximum absolute atomic E-state index is 11.8. The molecular formula is C17H27N3O2. The van der Waals surface area contributed by atoms with E-state index in [1.54, 1.807) is 7.11 Å². The quantitative estimate of drug-likeness (QED) is 0.759. The van der Waals surface area contributed by atoms with Crippen LogP contribution >= 0.6 is 0 Å². The average molecular weight is 305 g/mol. The third kappa shape index (κ3) is 5.66. The number of ether oxygens (including phenoxy) is 1. The Morgan fingerprint density at radius 3 is 2.45 bits per heavy atom. The highest BCUT2D eigenvalue weighted by Crippen LogP contribution is 2.21. The van der Waals surface area contributed by atoms with Crippen LogP contribution in [0.3, 0.4) is 0 Å². The SMILES string of the molecule is COCCNCC(=O)Nc1ccc(N2CCCCCC2)cc1. The molecule has 1 aliphatic heterocycles. The van der Waals surface area contributed by atoms with Gasteiger partial charge in [0.05, 0.1) is 13.2 Å². The van der Waals surface area contributed by atoms with Crippen LogP contribution in [-0.4, -0.2) is 45.8 Å². The molecule has 1 amide bonds. The number of nitrogens with one attached hydrogen (secondary N) is 2. The lowest BCUT2D eigenvalue weighted by Crippen LogP contribution is -2.30. The number of methoxy groups -OCH3 is 1. The smallest absolute Gasteiger partial charge is 0.238 e. The summed E-state index contributed by atoms with van der Waals surface area (Å²) in [6.07, 6.45) is 5.21. The van der Waals surface area contributed by atoms with Gasteiger partial charge in [-0.2, -0.15) is 0 Å². The van der Waals surface area contributed by atoms with Crippen molar-refractivity contribution in [2.75, 3.05) is 50.1 Å². The van der Waals surface area contributed by atoms with Gasteiger partial charge in [-0.3, -0.25) is 4.79 Å². The minimum atomic E-state index is -0.0291. The van der Waals surface area contributed by atoms with Gasteiger partial charge in [-0.15, -0.1) is 0 Å². The van der Waals surface area contributed by atoms with Crippen LogP contribution < -0.4 is 15.5 Å². The third-order valence-corrected chi connectivity index (χ3v) is 3.89. The molecule has 2 N–H and O–H groups in total. The van der Waals surface area contributed by atoms with Gasteiger partial charge in [0.2, 0.25) is 5.91 Å². The fourth-order valence-corrected chi connectivity index (χ4v) is 2.67. The first-order valence-corrected chi connectivity index (χ1v) is 8.14. The fraction of sp³-hybridized carbons (Fsp3) is 0.588. The molecule has 122 valence electrons. The maximum Gasteiger partial charge on any atom is 0.238 e. The lowest BCUT2D eigenvalue weighted by Gasteiger charge is -2.22. The second-order valence-electron chi connectivity index (χ2n) is 5.67. The molecule has 0 aromatic heterocycles. The van der Waals surface area contributed by atoms with Crippen LogP contribution in [0.1, 0.15) is 25.7 Å². The normalized spacial score (nSPS) is 15.4. The summed E-state index contributed by atoms with van der Waals surface area (Å²) in [4.78, 5) is 14.2. The monoisotopic (exact) mass is 305 g/mol. The van der Waals surface area contributed by atoms with Crippen LogP contribution in [0.4, 0.5) is 11.4 Å². The summed E-state index contributed by atoms with van der Waals surface area (Å²) in [7, 11) is 1.65. The van der Waals surface area contributed by atoms with E-state index in [2.05, 4.69) is 27.7 Å². The Morgan fingerprint density at radius 1 is 1.14 bits per heavy atom. The number of hydrogen-bond donors (Lipinski definition) is 2. The highest BCUT2D eigenvalue weighted by molar-refractivity contribution is 5.92. The second-order valence-corrected chi connectivity index (χ2v) is 5.67. The van der Waals surface area contributed by atoms with Gasteiger partial charge in [0.25, 0.3) is 0 Å². The second kappa shape index (κ2) is 9.43. The van der Waals surface area contributed by atoms with E-state index in [4.69, 9.17) is 4.74 Å². The maximum atomic E-state index is 11.8. The first-order chi connectivity index (χ1) is 10.8. The minimum Gasteiger partial charge on any atom is -0.383 e. The highest BCUT2D eigenvalue weighted by atomic mass is 16.5. The summed E-state index contributed by atoms with van der Waals surface area (Å²) < 4.78 is 4.92. The van der Waals surface area contributed by atoms with E-state index in [0.29, 0.717) is 19.7 Å². The van der Waals surface area contributed by atoms with Gasteiger partial charge < -0.3 is 20.3 Å². The van der Waals surface area contributed by atoms with E-state index in [-0.39, 0.29) is 5.91 Å². The summed E-state index contributed by atoms with van der Waals surface area (Å²) in [6, 6.07) is 8.15. The van der Waals surface area contributed by atoms with Crippen molar-refractivity contribution in [1.82, 2.24) is 5.32 Å². The van der Waals surface area contributed by atoms with Gasteiger partial charge in [0.15, 0.2) is 0 Å². The van der Waals surface area contributed by atoms with E-state index < -0.39 is 0 Å². The molecule has 0 saturated carbocycles. The Hall–Kier alpha value is -1.59.